The van der Waals surface area contributed by atoms with E-state index < -0.39 is 0 Å². The summed E-state index contributed by atoms with van der Waals surface area (Å²) in [5.74, 6) is 0.0871. The zero-order chi connectivity index (χ0) is 10.6. The molecule has 0 aromatic carbocycles. The molecule has 14 heavy (non-hydrogen) atoms. The summed E-state index contributed by atoms with van der Waals surface area (Å²) in [6.45, 7) is 2.15. The minimum atomic E-state index is -0.310. The number of rotatable bonds is 5. The topological polar surface area (TPSA) is 49.3 Å². The lowest BCUT2D eigenvalue weighted by Gasteiger charge is -2.35. The molecule has 1 atom stereocenters. The maximum Gasteiger partial charge on any atom is 0.237 e. The molecule has 1 aliphatic carbocycles. The number of hydrogen-bond acceptors (Lipinski definition) is 2. The minimum absolute atomic E-state index is 0.0871. The van der Waals surface area contributed by atoms with Crippen molar-refractivity contribution >= 4 is 21.8 Å². The third-order valence-corrected chi connectivity index (χ3v) is 4.01. The third-order valence-electron chi connectivity index (χ3n) is 2.86. The molecule has 0 aromatic rings. The highest BCUT2D eigenvalue weighted by Crippen LogP contribution is 2.40. The molecule has 82 valence electrons. The normalized spacial score (nSPS) is 21.1. The predicted molar refractivity (Wildman–Crippen MR) is 59.4 cm³/mol. The first-order valence-electron chi connectivity index (χ1n) is 5.23. The van der Waals surface area contributed by atoms with E-state index in [0.717, 1.165) is 25.7 Å². The summed E-state index contributed by atoms with van der Waals surface area (Å²) in [6.07, 6.45) is 4.49. The standard InChI is InChI=1S/C10H18BrNO2/c1-2-8(4-7-13)12-9(14)10(11)5-3-6-10/h8,13H,2-7H2,1H3,(H,12,14). The van der Waals surface area contributed by atoms with Crippen molar-refractivity contribution in [1.82, 2.24) is 5.32 Å². The summed E-state index contributed by atoms with van der Waals surface area (Å²) < 4.78 is -0.310. The molecule has 0 spiro atoms. The summed E-state index contributed by atoms with van der Waals surface area (Å²) in [4.78, 5) is 11.8. The second kappa shape index (κ2) is 5.12. The molecule has 0 saturated heterocycles. The van der Waals surface area contributed by atoms with Crippen LogP contribution in [-0.2, 0) is 4.79 Å². The van der Waals surface area contributed by atoms with Crippen molar-refractivity contribution < 1.29 is 9.90 Å². The van der Waals surface area contributed by atoms with Gasteiger partial charge in [-0.15, -0.1) is 0 Å². The number of aliphatic hydroxyl groups is 1. The Bertz CT molecular complexity index is 204. The van der Waals surface area contributed by atoms with Gasteiger partial charge in [0, 0.05) is 12.6 Å². The number of halogens is 1. The summed E-state index contributed by atoms with van der Waals surface area (Å²) in [6, 6.07) is 0.113. The highest BCUT2D eigenvalue weighted by Gasteiger charge is 2.41. The fourth-order valence-electron chi connectivity index (χ4n) is 1.56. The fourth-order valence-corrected chi connectivity index (χ4v) is 2.24. The molecule has 0 aliphatic heterocycles. The van der Waals surface area contributed by atoms with Gasteiger partial charge in [0.2, 0.25) is 5.91 Å². The lowest BCUT2D eigenvalue weighted by Crippen LogP contribution is -2.50. The zero-order valence-electron chi connectivity index (χ0n) is 8.55. The molecule has 2 N–H and O–H groups in total. The van der Waals surface area contributed by atoms with Crippen molar-refractivity contribution in [3.63, 3.8) is 0 Å². The molecule has 1 rings (SSSR count). The van der Waals surface area contributed by atoms with Gasteiger partial charge in [-0.1, -0.05) is 22.9 Å². The third kappa shape index (κ3) is 2.70. The van der Waals surface area contributed by atoms with E-state index >= 15 is 0 Å². The highest BCUT2D eigenvalue weighted by molar-refractivity contribution is 9.10. The zero-order valence-corrected chi connectivity index (χ0v) is 10.1. The smallest absolute Gasteiger partial charge is 0.237 e. The number of aliphatic hydroxyl groups excluding tert-OH is 1. The monoisotopic (exact) mass is 263 g/mol. The maximum absolute atomic E-state index is 11.8. The van der Waals surface area contributed by atoms with Gasteiger partial charge in [0.25, 0.3) is 0 Å². The van der Waals surface area contributed by atoms with E-state index in [2.05, 4.69) is 21.2 Å². The second-order valence-electron chi connectivity index (χ2n) is 3.91. The van der Waals surface area contributed by atoms with E-state index in [1.807, 2.05) is 6.92 Å². The SMILES string of the molecule is CCC(CCO)NC(=O)C1(Br)CCC1. The van der Waals surface area contributed by atoms with Gasteiger partial charge in [-0.25, -0.2) is 0 Å². The van der Waals surface area contributed by atoms with Gasteiger partial charge in [0.15, 0.2) is 0 Å². The summed E-state index contributed by atoms with van der Waals surface area (Å²) in [5, 5.41) is 11.8. The van der Waals surface area contributed by atoms with Crippen LogP contribution in [0.1, 0.15) is 39.0 Å². The van der Waals surface area contributed by atoms with Gasteiger partial charge in [-0.05, 0) is 32.1 Å². The second-order valence-corrected chi connectivity index (χ2v) is 5.43. The van der Waals surface area contributed by atoms with E-state index in [-0.39, 0.29) is 22.9 Å². The van der Waals surface area contributed by atoms with Crippen LogP contribution < -0.4 is 5.32 Å². The van der Waals surface area contributed by atoms with Gasteiger partial charge in [-0.3, -0.25) is 4.79 Å². The van der Waals surface area contributed by atoms with Gasteiger partial charge in [0.1, 0.15) is 4.32 Å². The number of carbonyl (C=O) groups is 1. The Balaban J connectivity index is 2.37. The minimum Gasteiger partial charge on any atom is -0.396 e. The Kier molecular flexibility index (Phi) is 4.38. The van der Waals surface area contributed by atoms with Crippen LogP contribution in [0.5, 0.6) is 0 Å². The van der Waals surface area contributed by atoms with Crippen LogP contribution in [0.25, 0.3) is 0 Å². The van der Waals surface area contributed by atoms with Crippen LogP contribution in [-0.4, -0.2) is 28.0 Å². The van der Waals surface area contributed by atoms with E-state index in [1.165, 1.54) is 0 Å². The maximum atomic E-state index is 11.8. The van der Waals surface area contributed by atoms with Crippen molar-refractivity contribution in [2.45, 2.75) is 49.4 Å². The van der Waals surface area contributed by atoms with Gasteiger partial charge in [-0.2, -0.15) is 0 Å². The van der Waals surface area contributed by atoms with E-state index in [9.17, 15) is 4.79 Å². The average molecular weight is 264 g/mol. The largest absolute Gasteiger partial charge is 0.396 e. The lowest BCUT2D eigenvalue weighted by molar-refractivity contribution is -0.126. The van der Waals surface area contributed by atoms with Crippen molar-refractivity contribution in [2.24, 2.45) is 0 Å². The Morgan fingerprint density at radius 2 is 2.29 bits per heavy atom. The first-order valence-corrected chi connectivity index (χ1v) is 6.02. The van der Waals surface area contributed by atoms with Crippen LogP contribution in [0, 0.1) is 0 Å². The van der Waals surface area contributed by atoms with Crippen LogP contribution in [0.2, 0.25) is 0 Å². The number of nitrogens with one attached hydrogen (secondary N) is 1. The number of hydrogen-bond donors (Lipinski definition) is 2. The Labute approximate surface area is 93.4 Å². The van der Waals surface area contributed by atoms with E-state index in [1.54, 1.807) is 0 Å². The molecule has 0 heterocycles. The molecular formula is C10H18BrNO2. The fraction of sp³-hybridized carbons (Fsp3) is 0.900. The lowest BCUT2D eigenvalue weighted by atomic mass is 9.84. The van der Waals surface area contributed by atoms with Crippen LogP contribution in [0.15, 0.2) is 0 Å². The van der Waals surface area contributed by atoms with Crippen LogP contribution in [0.3, 0.4) is 0 Å². The van der Waals surface area contributed by atoms with E-state index in [4.69, 9.17) is 5.11 Å². The van der Waals surface area contributed by atoms with Crippen molar-refractivity contribution in [3.05, 3.63) is 0 Å². The van der Waals surface area contributed by atoms with Crippen molar-refractivity contribution in [1.29, 1.82) is 0 Å². The molecule has 1 unspecified atom stereocenters. The summed E-state index contributed by atoms with van der Waals surface area (Å²) in [5.41, 5.74) is 0. The first kappa shape index (κ1) is 12.0. The molecule has 0 radical (unpaired) electrons. The van der Waals surface area contributed by atoms with Crippen LogP contribution in [0.4, 0.5) is 0 Å². The number of carbonyl (C=O) groups excluding carboxylic acids is 1. The molecule has 1 fully saturated rings. The summed E-state index contributed by atoms with van der Waals surface area (Å²) in [7, 11) is 0. The number of alkyl halides is 1. The van der Waals surface area contributed by atoms with Crippen molar-refractivity contribution in [3.8, 4) is 0 Å². The molecule has 3 nitrogen and oxygen atoms in total. The molecule has 1 aliphatic rings. The quantitative estimate of drug-likeness (QED) is 0.741. The van der Waals surface area contributed by atoms with E-state index in [0.29, 0.717) is 6.42 Å². The Hall–Kier alpha value is -0.0900. The predicted octanol–water partition coefficient (Wildman–Crippen LogP) is 1.58. The molecular weight excluding hydrogens is 246 g/mol. The highest BCUT2D eigenvalue weighted by atomic mass is 79.9. The average Bonchev–Trinajstić information content (AvgIpc) is 2.13. The molecule has 0 aromatic heterocycles. The Morgan fingerprint density at radius 3 is 2.64 bits per heavy atom. The molecule has 0 bridgehead atoms. The summed E-state index contributed by atoms with van der Waals surface area (Å²) >= 11 is 3.47. The van der Waals surface area contributed by atoms with Gasteiger partial charge in [0.05, 0.1) is 0 Å². The molecule has 1 amide bonds. The van der Waals surface area contributed by atoms with Crippen LogP contribution >= 0.6 is 15.9 Å². The Morgan fingerprint density at radius 1 is 1.64 bits per heavy atom. The number of amides is 1. The van der Waals surface area contributed by atoms with Gasteiger partial charge < -0.3 is 10.4 Å². The van der Waals surface area contributed by atoms with Gasteiger partial charge >= 0.3 is 0 Å². The molecule has 4 heteroatoms. The first-order chi connectivity index (χ1) is 6.62. The van der Waals surface area contributed by atoms with Crippen molar-refractivity contribution in [2.75, 3.05) is 6.61 Å². The molecule has 1 saturated carbocycles.